The molecule has 0 atom stereocenters. The highest BCUT2D eigenvalue weighted by Gasteiger charge is 1.89. The number of thiol groups is 2. The van der Waals surface area contributed by atoms with Crippen molar-refractivity contribution in [1.82, 2.24) is 4.98 Å². The number of rotatable bonds is 0. The van der Waals surface area contributed by atoms with Crippen molar-refractivity contribution in [2.24, 2.45) is 0 Å². The fourth-order valence-corrected chi connectivity index (χ4v) is 1.04. The molecule has 0 saturated heterocycles. The number of hydrogen-bond donors (Lipinski definition) is 3. The van der Waals surface area contributed by atoms with E-state index in [-0.39, 0.29) is 0 Å². The van der Waals surface area contributed by atoms with Crippen LogP contribution in [0.2, 0.25) is 0 Å². The molecule has 48 valence electrons. The Bertz CT molecular complexity index is 265. The Labute approximate surface area is 69.3 Å². The van der Waals surface area contributed by atoms with Gasteiger partial charge in [0.25, 0.3) is 0 Å². The van der Waals surface area contributed by atoms with Gasteiger partial charge in [-0.05, 0) is 6.07 Å². The van der Waals surface area contributed by atoms with Gasteiger partial charge in [0.1, 0.15) is 4.64 Å². The molecule has 1 rings (SSSR count). The van der Waals surface area contributed by atoms with Crippen LogP contribution in [-0.2, 0) is 0 Å². The molecule has 0 saturated carbocycles. The summed E-state index contributed by atoms with van der Waals surface area (Å²) in [4.78, 5) is 4.45. The minimum atomic E-state index is 0.679. The minimum absolute atomic E-state index is 0.679. The molecule has 0 aliphatic rings. The molecule has 0 amide bonds. The van der Waals surface area contributed by atoms with Gasteiger partial charge in [0, 0.05) is 16.0 Å². The topological polar surface area (TPSA) is 15.8 Å². The van der Waals surface area contributed by atoms with Crippen LogP contribution in [0.25, 0.3) is 0 Å². The third-order valence-electron chi connectivity index (χ3n) is 0.881. The Hall–Kier alpha value is 0.0700. The Morgan fingerprint density at radius 3 is 2.44 bits per heavy atom. The summed E-state index contributed by atoms with van der Waals surface area (Å²) in [6.45, 7) is 0. The highest BCUT2D eigenvalue weighted by atomic mass is 32.1. The summed E-state index contributed by atoms with van der Waals surface area (Å²) >= 11 is 13.0. The predicted molar refractivity (Wildman–Crippen MR) is 46.1 cm³/mol. The lowest BCUT2D eigenvalue weighted by Crippen LogP contribution is -1.74. The second-order valence-corrected chi connectivity index (χ2v) is 2.97. The predicted octanol–water partition coefficient (Wildman–Crippen LogP) is 2.32. The summed E-state index contributed by atoms with van der Waals surface area (Å²) in [5.74, 6) is 0. The molecule has 0 spiro atoms. The quantitative estimate of drug-likeness (QED) is 0.407. The van der Waals surface area contributed by atoms with Crippen LogP contribution in [0.5, 0.6) is 0 Å². The van der Waals surface area contributed by atoms with E-state index in [1.165, 1.54) is 0 Å². The lowest BCUT2D eigenvalue weighted by atomic mass is 10.5. The van der Waals surface area contributed by atoms with E-state index in [1.54, 1.807) is 12.3 Å². The van der Waals surface area contributed by atoms with E-state index in [1.807, 2.05) is 0 Å². The standard InChI is InChI=1S/C5H5NS3/c7-3-1-5(9)6-2-4(3)8/h1-2,8H,(H2,6,7,9). The molecular formula is C5H5NS3. The number of H-pyrrole nitrogens is 1. The zero-order chi connectivity index (χ0) is 6.85. The maximum atomic E-state index is 4.82. The molecule has 1 aromatic heterocycles. The summed E-state index contributed by atoms with van der Waals surface area (Å²) in [6.07, 6.45) is 1.72. The first-order valence-corrected chi connectivity index (χ1v) is 3.61. The number of aromatic nitrogens is 1. The van der Waals surface area contributed by atoms with Gasteiger partial charge in [0.15, 0.2) is 0 Å². The first-order chi connectivity index (χ1) is 4.20. The van der Waals surface area contributed by atoms with E-state index >= 15 is 0 Å². The maximum Gasteiger partial charge on any atom is 0.104 e. The smallest absolute Gasteiger partial charge is 0.104 e. The van der Waals surface area contributed by atoms with Gasteiger partial charge < -0.3 is 4.98 Å². The number of hydrogen-bond acceptors (Lipinski definition) is 3. The molecule has 1 N–H and O–H groups in total. The average Bonchev–Trinajstić information content (AvgIpc) is 1.80. The van der Waals surface area contributed by atoms with Gasteiger partial charge in [-0.15, -0.1) is 25.3 Å². The largest absolute Gasteiger partial charge is 0.352 e. The van der Waals surface area contributed by atoms with Gasteiger partial charge in [-0.2, -0.15) is 0 Å². The number of nitrogens with one attached hydrogen (secondary N) is 1. The monoisotopic (exact) mass is 175 g/mol. The van der Waals surface area contributed by atoms with Gasteiger partial charge in [0.05, 0.1) is 0 Å². The van der Waals surface area contributed by atoms with Gasteiger partial charge in [-0.1, -0.05) is 12.2 Å². The summed E-state index contributed by atoms with van der Waals surface area (Å²) in [5, 5.41) is 0. The Morgan fingerprint density at radius 2 is 2.00 bits per heavy atom. The first-order valence-electron chi connectivity index (χ1n) is 2.31. The fourth-order valence-electron chi connectivity index (χ4n) is 0.453. The lowest BCUT2D eigenvalue weighted by Gasteiger charge is -1.93. The van der Waals surface area contributed by atoms with E-state index in [9.17, 15) is 0 Å². The van der Waals surface area contributed by atoms with E-state index in [4.69, 9.17) is 12.2 Å². The van der Waals surface area contributed by atoms with Crippen LogP contribution >= 0.6 is 37.5 Å². The Kier molecular flexibility index (Phi) is 2.21. The molecule has 0 aliphatic carbocycles. The second kappa shape index (κ2) is 2.77. The van der Waals surface area contributed by atoms with E-state index in [2.05, 4.69) is 30.2 Å². The van der Waals surface area contributed by atoms with Crippen LogP contribution in [0, 0.1) is 4.64 Å². The Balaban J connectivity index is 3.34. The van der Waals surface area contributed by atoms with Gasteiger partial charge >= 0.3 is 0 Å². The van der Waals surface area contributed by atoms with E-state index in [0.29, 0.717) is 4.64 Å². The molecule has 1 aromatic rings. The van der Waals surface area contributed by atoms with Crippen molar-refractivity contribution >= 4 is 37.5 Å². The molecule has 1 nitrogen and oxygen atoms in total. The lowest BCUT2D eigenvalue weighted by molar-refractivity contribution is 1.13. The fraction of sp³-hybridized carbons (Fsp3) is 0. The average molecular weight is 175 g/mol. The van der Waals surface area contributed by atoms with Crippen molar-refractivity contribution in [2.75, 3.05) is 0 Å². The molecular weight excluding hydrogens is 170 g/mol. The highest BCUT2D eigenvalue weighted by molar-refractivity contribution is 7.83. The zero-order valence-electron chi connectivity index (χ0n) is 4.46. The van der Waals surface area contributed by atoms with Crippen LogP contribution in [0.15, 0.2) is 22.1 Å². The molecule has 4 heteroatoms. The van der Waals surface area contributed by atoms with Crippen molar-refractivity contribution in [3.05, 3.63) is 16.9 Å². The molecule has 0 aromatic carbocycles. The minimum Gasteiger partial charge on any atom is -0.352 e. The summed E-state index contributed by atoms with van der Waals surface area (Å²) in [5.41, 5.74) is 0. The van der Waals surface area contributed by atoms with Crippen LogP contribution in [0.4, 0.5) is 0 Å². The summed E-state index contributed by atoms with van der Waals surface area (Å²) in [6, 6.07) is 1.75. The van der Waals surface area contributed by atoms with Crippen molar-refractivity contribution in [2.45, 2.75) is 9.79 Å². The molecule has 0 aliphatic heterocycles. The molecule has 1 heterocycles. The van der Waals surface area contributed by atoms with E-state index < -0.39 is 0 Å². The zero-order valence-corrected chi connectivity index (χ0v) is 7.06. The molecule has 0 fully saturated rings. The SMILES string of the molecule is S=c1cc(S)c(S)c[nH]1. The Morgan fingerprint density at radius 1 is 1.33 bits per heavy atom. The van der Waals surface area contributed by atoms with Gasteiger partial charge in [-0.3, -0.25) is 0 Å². The van der Waals surface area contributed by atoms with Crippen LogP contribution in [0.3, 0.4) is 0 Å². The van der Waals surface area contributed by atoms with Crippen molar-refractivity contribution in [1.29, 1.82) is 0 Å². The van der Waals surface area contributed by atoms with Crippen molar-refractivity contribution in [3.63, 3.8) is 0 Å². The number of pyridine rings is 1. The van der Waals surface area contributed by atoms with Crippen LogP contribution in [0.1, 0.15) is 0 Å². The maximum absolute atomic E-state index is 4.82. The third-order valence-corrected chi connectivity index (χ3v) is 2.03. The number of aromatic amines is 1. The van der Waals surface area contributed by atoms with Crippen LogP contribution in [-0.4, -0.2) is 4.98 Å². The van der Waals surface area contributed by atoms with Gasteiger partial charge in [-0.25, -0.2) is 0 Å². The normalized spacial score (nSPS) is 9.56. The molecule has 0 unspecified atom stereocenters. The first kappa shape index (κ1) is 7.18. The second-order valence-electron chi connectivity index (χ2n) is 1.57. The highest BCUT2D eigenvalue weighted by Crippen LogP contribution is 2.14. The van der Waals surface area contributed by atoms with Crippen molar-refractivity contribution in [3.8, 4) is 0 Å². The molecule has 0 bridgehead atoms. The summed E-state index contributed by atoms with van der Waals surface area (Å²) < 4.78 is 0.679. The molecule has 0 radical (unpaired) electrons. The van der Waals surface area contributed by atoms with Gasteiger partial charge in [0.2, 0.25) is 0 Å². The van der Waals surface area contributed by atoms with E-state index in [0.717, 1.165) is 9.79 Å². The third kappa shape index (κ3) is 1.74. The molecule has 9 heavy (non-hydrogen) atoms. The van der Waals surface area contributed by atoms with Crippen LogP contribution < -0.4 is 0 Å². The van der Waals surface area contributed by atoms with Crippen molar-refractivity contribution < 1.29 is 0 Å². The summed E-state index contributed by atoms with van der Waals surface area (Å²) in [7, 11) is 0.